The van der Waals surface area contributed by atoms with Gasteiger partial charge in [0.05, 0.1) is 0 Å². The van der Waals surface area contributed by atoms with Gasteiger partial charge in [-0.3, -0.25) is 0 Å². The maximum atomic E-state index is 3.55. The van der Waals surface area contributed by atoms with Gasteiger partial charge < -0.3 is 5.32 Å². The van der Waals surface area contributed by atoms with Crippen LogP contribution in [-0.4, -0.2) is 12.6 Å². The SMILES string of the molecule is CCC(CCCc1ccccc1)CNC(C)C. The fourth-order valence-electron chi connectivity index (χ4n) is 2.09. The van der Waals surface area contributed by atoms with Crippen LogP contribution in [0.2, 0.25) is 0 Å². The molecule has 1 rings (SSSR count). The van der Waals surface area contributed by atoms with Gasteiger partial charge in [-0.15, -0.1) is 0 Å². The molecule has 0 spiro atoms. The molecular weight excluding hydrogens is 206 g/mol. The molecule has 0 amide bonds. The predicted octanol–water partition coefficient (Wildman–Crippen LogP) is 4.03. The first-order valence-corrected chi connectivity index (χ1v) is 6.99. The average Bonchev–Trinajstić information content (AvgIpc) is 2.34. The van der Waals surface area contributed by atoms with Crippen LogP contribution in [0.25, 0.3) is 0 Å². The van der Waals surface area contributed by atoms with Crippen LogP contribution in [0, 0.1) is 5.92 Å². The molecule has 1 N–H and O–H groups in total. The third-order valence-corrected chi connectivity index (χ3v) is 3.31. The second-order valence-electron chi connectivity index (χ2n) is 5.22. The van der Waals surface area contributed by atoms with Crippen LogP contribution < -0.4 is 5.32 Å². The Balaban J connectivity index is 2.19. The Morgan fingerprint density at radius 1 is 1.12 bits per heavy atom. The fraction of sp³-hybridized carbons (Fsp3) is 0.625. The summed E-state index contributed by atoms with van der Waals surface area (Å²) in [7, 11) is 0. The summed E-state index contributed by atoms with van der Waals surface area (Å²) < 4.78 is 0. The molecular formula is C16H27N. The standard InChI is InChI=1S/C16H27N/c1-4-15(13-17-14(2)3)11-8-12-16-9-6-5-7-10-16/h5-7,9-10,14-15,17H,4,8,11-13H2,1-3H3. The fourth-order valence-corrected chi connectivity index (χ4v) is 2.09. The lowest BCUT2D eigenvalue weighted by atomic mass is 9.97. The minimum absolute atomic E-state index is 0.609. The number of hydrogen-bond donors (Lipinski definition) is 1. The van der Waals surface area contributed by atoms with E-state index in [0.717, 1.165) is 5.92 Å². The third-order valence-electron chi connectivity index (χ3n) is 3.31. The molecule has 0 radical (unpaired) electrons. The zero-order chi connectivity index (χ0) is 12.5. The van der Waals surface area contributed by atoms with Gasteiger partial charge in [-0.2, -0.15) is 0 Å². The van der Waals surface area contributed by atoms with Gasteiger partial charge in [-0.25, -0.2) is 0 Å². The van der Waals surface area contributed by atoms with Gasteiger partial charge in [0, 0.05) is 6.04 Å². The Morgan fingerprint density at radius 3 is 2.41 bits per heavy atom. The third kappa shape index (κ3) is 6.48. The van der Waals surface area contributed by atoms with Crippen molar-refractivity contribution in [2.24, 2.45) is 5.92 Å². The van der Waals surface area contributed by atoms with Crippen molar-refractivity contribution in [2.45, 2.75) is 52.5 Å². The zero-order valence-electron chi connectivity index (χ0n) is 11.6. The Kier molecular flexibility index (Phi) is 6.95. The van der Waals surface area contributed by atoms with Crippen LogP contribution >= 0.6 is 0 Å². The molecule has 1 heteroatoms. The largest absolute Gasteiger partial charge is 0.314 e. The number of nitrogens with one attached hydrogen (secondary N) is 1. The summed E-state index contributed by atoms with van der Waals surface area (Å²) in [6.45, 7) is 7.91. The Bertz CT molecular complexity index is 279. The second kappa shape index (κ2) is 8.30. The molecule has 0 aliphatic heterocycles. The molecule has 1 unspecified atom stereocenters. The highest BCUT2D eigenvalue weighted by atomic mass is 14.9. The van der Waals surface area contributed by atoms with Crippen LogP contribution in [0.1, 0.15) is 45.6 Å². The van der Waals surface area contributed by atoms with E-state index < -0.39 is 0 Å². The van der Waals surface area contributed by atoms with Crippen molar-refractivity contribution in [3.05, 3.63) is 35.9 Å². The predicted molar refractivity (Wildman–Crippen MR) is 76.3 cm³/mol. The molecule has 0 saturated heterocycles. The molecule has 0 fully saturated rings. The molecule has 0 bridgehead atoms. The summed E-state index contributed by atoms with van der Waals surface area (Å²) >= 11 is 0. The molecule has 96 valence electrons. The normalized spacial score (nSPS) is 12.9. The van der Waals surface area contributed by atoms with E-state index in [0.29, 0.717) is 6.04 Å². The van der Waals surface area contributed by atoms with Crippen molar-refractivity contribution in [1.82, 2.24) is 5.32 Å². The van der Waals surface area contributed by atoms with E-state index in [9.17, 15) is 0 Å². The van der Waals surface area contributed by atoms with E-state index in [1.54, 1.807) is 0 Å². The van der Waals surface area contributed by atoms with Crippen LogP contribution in [-0.2, 0) is 6.42 Å². The highest BCUT2D eigenvalue weighted by Crippen LogP contribution is 2.13. The summed E-state index contributed by atoms with van der Waals surface area (Å²) in [5.74, 6) is 0.834. The van der Waals surface area contributed by atoms with E-state index in [2.05, 4.69) is 56.4 Å². The molecule has 1 nitrogen and oxygen atoms in total. The lowest BCUT2D eigenvalue weighted by Gasteiger charge is -2.17. The highest BCUT2D eigenvalue weighted by Gasteiger charge is 2.06. The van der Waals surface area contributed by atoms with E-state index in [1.807, 2.05) is 0 Å². The van der Waals surface area contributed by atoms with E-state index >= 15 is 0 Å². The first-order chi connectivity index (χ1) is 8.22. The molecule has 0 heterocycles. The lowest BCUT2D eigenvalue weighted by Crippen LogP contribution is -2.28. The summed E-state index contributed by atoms with van der Waals surface area (Å²) in [6.07, 6.45) is 5.15. The van der Waals surface area contributed by atoms with Gasteiger partial charge in [0.15, 0.2) is 0 Å². The van der Waals surface area contributed by atoms with Gasteiger partial charge in [-0.1, -0.05) is 57.5 Å². The second-order valence-corrected chi connectivity index (χ2v) is 5.22. The molecule has 1 aromatic rings. The van der Waals surface area contributed by atoms with Gasteiger partial charge in [0.2, 0.25) is 0 Å². The molecule has 0 aliphatic carbocycles. The lowest BCUT2D eigenvalue weighted by molar-refractivity contribution is 0.404. The number of rotatable bonds is 8. The first-order valence-electron chi connectivity index (χ1n) is 6.99. The molecule has 0 aromatic heterocycles. The number of benzene rings is 1. The molecule has 0 saturated carbocycles. The summed E-state index contributed by atoms with van der Waals surface area (Å²) in [6, 6.07) is 11.4. The minimum Gasteiger partial charge on any atom is -0.314 e. The average molecular weight is 233 g/mol. The van der Waals surface area contributed by atoms with Crippen molar-refractivity contribution in [2.75, 3.05) is 6.54 Å². The highest BCUT2D eigenvalue weighted by molar-refractivity contribution is 5.14. The van der Waals surface area contributed by atoms with Crippen LogP contribution in [0.5, 0.6) is 0 Å². The monoisotopic (exact) mass is 233 g/mol. The van der Waals surface area contributed by atoms with Crippen molar-refractivity contribution in [3.63, 3.8) is 0 Å². The summed E-state index contributed by atoms with van der Waals surface area (Å²) in [4.78, 5) is 0. The van der Waals surface area contributed by atoms with Crippen molar-refractivity contribution >= 4 is 0 Å². The minimum atomic E-state index is 0.609. The maximum Gasteiger partial charge on any atom is 0.00104 e. The zero-order valence-corrected chi connectivity index (χ0v) is 11.6. The van der Waals surface area contributed by atoms with Crippen LogP contribution in [0.3, 0.4) is 0 Å². The van der Waals surface area contributed by atoms with Gasteiger partial charge in [0.1, 0.15) is 0 Å². The van der Waals surface area contributed by atoms with E-state index in [-0.39, 0.29) is 0 Å². The smallest absolute Gasteiger partial charge is 0.00104 e. The molecule has 17 heavy (non-hydrogen) atoms. The Labute approximate surface area is 107 Å². The van der Waals surface area contributed by atoms with Crippen molar-refractivity contribution in [1.29, 1.82) is 0 Å². The topological polar surface area (TPSA) is 12.0 Å². The van der Waals surface area contributed by atoms with Crippen LogP contribution in [0.15, 0.2) is 30.3 Å². The Hall–Kier alpha value is -0.820. The first kappa shape index (κ1) is 14.2. The number of aryl methyl sites for hydroxylation is 1. The molecule has 1 atom stereocenters. The summed E-state index contributed by atoms with van der Waals surface area (Å²) in [5.41, 5.74) is 1.47. The molecule has 0 aliphatic rings. The Morgan fingerprint density at radius 2 is 1.82 bits per heavy atom. The van der Waals surface area contributed by atoms with Gasteiger partial charge in [-0.05, 0) is 37.3 Å². The van der Waals surface area contributed by atoms with Crippen LogP contribution in [0.4, 0.5) is 0 Å². The maximum absolute atomic E-state index is 3.55. The van der Waals surface area contributed by atoms with E-state index in [4.69, 9.17) is 0 Å². The summed E-state index contributed by atoms with van der Waals surface area (Å²) in [5, 5.41) is 3.55. The van der Waals surface area contributed by atoms with Crippen molar-refractivity contribution in [3.8, 4) is 0 Å². The van der Waals surface area contributed by atoms with E-state index in [1.165, 1.54) is 37.8 Å². The number of hydrogen-bond acceptors (Lipinski definition) is 1. The quantitative estimate of drug-likeness (QED) is 0.714. The van der Waals surface area contributed by atoms with Crippen molar-refractivity contribution < 1.29 is 0 Å². The van der Waals surface area contributed by atoms with Gasteiger partial charge >= 0.3 is 0 Å². The molecule has 1 aromatic carbocycles. The van der Waals surface area contributed by atoms with Gasteiger partial charge in [0.25, 0.3) is 0 Å².